The number of pyridine rings is 2. The van der Waals surface area contributed by atoms with Crippen molar-refractivity contribution in [2.45, 2.75) is 39.4 Å². The average Bonchev–Trinajstić information content (AvgIpc) is 3.18. The van der Waals surface area contributed by atoms with Gasteiger partial charge in [-0.15, -0.1) is 10.2 Å². The van der Waals surface area contributed by atoms with Gasteiger partial charge >= 0.3 is 6.03 Å². The molecule has 0 saturated heterocycles. The number of hydrogen-bond acceptors (Lipinski definition) is 5. The average molecular weight is 379 g/mol. The summed E-state index contributed by atoms with van der Waals surface area (Å²) >= 11 is 0. The number of nitrogens with one attached hydrogen (secondary N) is 1. The van der Waals surface area contributed by atoms with Crippen LogP contribution in [0.5, 0.6) is 0 Å². The molecule has 8 nitrogen and oxygen atoms in total. The van der Waals surface area contributed by atoms with Crippen LogP contribution in [0.3, 0.4) is 0 Å². The topological polar surface area (TPSA) is 88.8 Å². The number of aromatic nitrogens is 5. The third kappa shape index (κ3) is 5.35. The van der Waals surface area contributed by atoms with Crippen LogP contribution in [-0.2, 0) is 19.5 Å². The Morgan fingerprint density at radius 1 is 1.11 bits per heavy atom. The third-order valence-electron chi connectivity index (χ3n) is 4.31. The molecule has 0 aliphatic rings. The monoisotopic (exact) mass is 379 g/mol. The van der Waals surface area contributed by atoms with Gasteiger partial charge in [0.15, 0.2) is 0 Å². The quantitative estimate of drug-likeness (QED) is 0.650. The van der Waals surface area contributed by atoms with E-state index in [0.717, 1.165) is 17.0 Å². The molecule has 0 fully saturated rings. The minimum absolute atomic E-state index is 0.136. The summed E-state index contributed by atoms with van der Waals surface area (Å²) in [6, 6.07) is 7.81. The molecule has 0 radical (unpaired) electrons. The lowest BCUT2D eigenvalue weighted by Gasteiger charge is -2.23. The lowest BCUT2D eigenvalue weighted by Crippen LogP contribution is -2.40. The van der Waals surface area contributed by atoms with Gasteiger partial charge in [0.1, 0.15) is 12.2 Å². The van der Waals surface area contributed by atoms with Crippen molar-refractivity contribution in [3.8, 4) is 0 Å². The molecule has 8 heteroatoms. The summed E-state index contributed by atoms with van der Waals surface area (Å²) in [6.45, 7) is 5.58. The van der Waals surface area contributed by atoms with E-state index in [2.05, 4.69) is 39.3 Å². The number of amides is 2. The van der Waals surface area contributed by atoms with Crippen LogP contribution in [0.15, 0.2) is 55.4 Å². The fraction of sp³-hybridized carbons (Fsp3) is 0.350. The Kier molecular flexibility index (Phi) is 6.67. The Morgan fingerprint density at radius 2 is 1.75 bits per heavy atom. The maximum absolute atomic E-state index is 12.8. The van der Waals surface area contributed by atoms with Gasteiger partial charge < -0.3 is 14.8 Å². The van der Waals surface area contributed by atoms with E-state index >= 15 is 0 Å². The van der Waals surface area contributed by atoms with Crippen molar-refractivity contribution in [1.29, 1.82) is 0 Å². The van der Waals surface area contributed by atoms with Crippen LogP contribution in [-0.4, -0.2) is 42.2 Å². The van der Waals surface area contributed by atoms with Crippen LogP contribution in [0.2, 0.25) is 0 Å². The van der Waals surface area contributed by atoms with Crippen molar-refractivity contribution in [3.63, 3.8) is 0 Å². The van der Waals surface area contributed by atoms with Gasteiger partial charge in [-0.2, -0.15) is 0 Å². The predicted octanol–water partition coefficient (Wildman–Crippen LogP) is 2.60. The molecule has 3 heterocycles. The molecule has 3 rings (SSSR count). The molecule has 0 bridgehead atoms. The molecule has 0 aliphatic carbocycles. The van der Waals surface area contributed by atoms with Crippen molar-refractivity contribution in [3.05, 3.63) is 72.3 Å². The highest BCUT2D eigenvalue weighted by atomic mass is 16.2. The normalized spacial score (nSPS) is 10.8. The summed E-state index contributed by atoms with van der Waals surface area (Å²) in [5.74, 6) is 0.862. The van der Waals surface area contributed by atoms with Gasteiger partial charge in [-0.05, 0) is 37.1 Å². The molecule has 28 heavy (non-hydrogen) atoms. The standard InChI is InChI=1S/C20H25N7O/c1-16(2)27-15-24-25-19(27)7-10-23-20(28)26(13-17-5-3-8-21-11-17)14-18-6-4-9-22-12-18/h3-6,8-9,11-12,15-16H,7,10,13-14H2,1-2H3,(H,23,28). The highest BCUT2D eigenvalue weighted by Gasteiger charge is 2.15. The van der Waals surface area contributed by atoms with E-state index in [-0.39, 0.29) is 12.1 Å². The van der Waals surface area contributed by atoms with Crippen LogP contribution in [0.1, 0.15) is 36.8 Å². The molecule has 1 N–H and O–H groups in total. The van der Waals surface area contributed by atoms with Crippen LogP contribution in [0, 0.1) is 0 Å². The minimum Gasteiger partial charge on any atom is -0.338 e. The van der Waals surface area contributed by atoms with Gasteiger partial charge in [-0.1, -0.05) is 12.1 Å². The van der Waals surface area contributed by atoms with Crippen LogP contribution < -0.4 is 5.32 Å². The second kappa shape index (κ2) is 9.59. The van der Waals surface area contributed by atoms with Crippen molar-refractivity contribution in [2.24, 2.45) is 0 Å². The van der Waals surface area contributed by atoms with E-state index in [1.165, 1.54) is 0 Å². The SMILES string of the molecule is CC(C)n1cnnc1CCNC(=O)N(Cc1cccnc1)Cc1cccnc1. The Balaban J connectivity index is 1.63. The van der Waals surface area contributed by atoms with E-state index in [1.807, 2.05) is 28.8 Å². The molecule has 0 aliphatic heterocycles. The fourth-order valence-corrected chi connectivity index (χ4v) is 2.89. The highest BCUT2D eigenvalue weighted by Crippen LogP contribution is 2.10. The highest BCUT2D eigenvalue weighted by molar-refractivity contribution is 5.74. The van der Waals surface area contributed by atoms with Crippen molar-refractivity contribution in [2.75, 3.05) is 6.54 Å². The first-order chi connectivity index (χ1) is 13.6. The summed E-state index contributed by atoms with van der Waals surface area (Å²) in [7, 11) is 0. The fourth-order valence-electron chi connectivity index (χ4n) is 2.89. The smallest absolute Gasteiger partial charge is 0.318 e. The third-order valence-corrected chi connectivity index (χ3v) is 4.31. The van der Waals surface area contributed by atoms with E-state index in [9.17, 15) is 4.79 Å². The van der Waals surface area contributed by atoms with Gasteiger partial charge in [-0.25, -0.2) is 4.79 Å². The minimum atomic E-state index is -0.136. The van der Waals surface area contributed by atoms with Gasteiger partial charge in [0.2, 0.25) is 0 Å². The maximum atomic E-state index is 12.8. The van der Waals surface area contributed by atoms with Gasteiger partial charge in [-0.3, -0.25) is 9.97 Å². The van der Waals surface area contributed by atoms with Crippen molar-refractivity contribution < 1.29 is 4.79 Å². The number of carbonyl (C=O) groups is 1. The number of rotatable bonds is 8. The first-order valence-corrected chi connectivity index (χ1v) is 9.32. The number of carbonyl (C=O) groups excluding carboxylic acids is 1. The first-order valence-electron chi connectivity index (χ1n) is 9.32. The molecule has 0 saturated carbocycles. The number of hydrogen-bond donors (Lipinski definition) is 1. The van der Waals surface area contributed by atoms with Gasteiger partial charge in [0.25, 0.3) is 0 Å². The van der Waals surface area contributed by atoms with Crippen LogP contribution >= 0.6 is 0 Å². The summed E-state index contributed by atoms with van der Waals surface area (Å²) in [6.07, 6.45) is 9.33. The second-order valence-electron chi connectivity index (χ2n) is 6.81. The molecule has 2 amide bonds. The van der Waals surface area contributed by atoms with Crippen LogP contribution in [0.25, 0.3) is 0 Å². The van der Waals surface area contributed by atoms with Gasteiger partial charge in [0, 0.05) is 56.9 Å². The Hall–Kier alpha value is -3.29. The molecule has 0 unspecified atom stereocenters. The Morgan fingerprint density at radius 3 is 2.29 bits per heavy atom. The zero-order valence-corrected chi connectivity index (χ0v) is 16.2. The van der Waals surface area contributed by atoms with E-state index in [1.54, 1.807) is 36.0 Å². The van der Waals surface area contributed by atoms with Crippen molar-refractivity contribution >= 4 is 6.03 Å². The Bertz CT molecular complexity index is 823. The molecule has 146 valence electrons. The summed E-state index contributed by atoms with van der Waals surface area (Å²) in [4.78, 5) is 22.9. The lowest BCUT2D eigenvalue weighted by atomic mass is 10.2. The number of urea groups is 1. The lowest BCUT2D eigenvalue weighted by molar-refractivity contribution is 0.192. The summed E-state index contributed by atoms with van der Waals surface area (Å²) in [5.41, 5.74) is 1.95. The summed E-state index contributed by atoms with van der Waals surface area (Å²) in [5, 5.41) is 11.1. The largest absolute Gasteiger partial charge is 0.338 e. The Labute approximate surface area is 164 Å². The molecular formula is C20H25N7O. The molecule has 3 aromatic heterocycles. The number of nitrogens with zero attached hydrogens (tertiary/aromatic N) is 6. The van der Waals surface area contributed by atoms with E-state index in [4.69, 9.17) is 0 Å². The maximum Gasteiger partial charge on any atom is 0.318 e. The molecule has 0 aromatic carbocycles. The predicted molar refractivity (Wildman–Crippen MR) is 105 cm³/mol. The van der Waals surface area contributed by atoms with E-state index < -0.39 is 0 Å². The van der Waals surface area contributed by atoms with E-state index in [0.29, 0.717) is 26.1 Å². The van der Waals surface area contributed by atoms with Crippen molar-refractivity contribution in [1.82, 2.24) is 34.9 Å². The van der Waals surface area contributed by atoms with Crippen LogP contribution in [0.4, 0.5) is 4.79 Å². The van der Waals surface area contributed by atoms with Gasteiger partial charge in [0.05, 0.1) is 0 Å². The zero-order valence-electron chi connectivity index (χ0n) is 16.2. The summed E-state index contributed by atoms with van der Waals surface area (Å²) < 4.78 is 2.01. The molecular weight excluding hydrogens is 354 g/mol. The second-order valence-corrected chi connectivity index (χ2v) is 6.81. The molecule has 3 aromatic rings. The first kappa shape index (κ1) is 19.5. The zero-order chi connectivity index (χ0) is 19.8. The molecule has 0 spiro atoms. The molecule has 0 atom stereocenters.